The first-order valence-electron chi connectivity index (χ1n) is 9.30. The summed E-state index contributed by atoms with van der Waals surface area (Å²) in [6.07, 6.45) is 2.11. The number of hydrogen-bond acceptors (Lipinski definition) is 5. The van der Waals surface area contributed by atoms with Crippen molar-refractivity contribution >= 4 is 11.8 Å². The van der Waals surface area contributed by atoms with Gasteiger partial charge in [-0.15, -0.1) is 6.58 Å². The topological polar surface area (TPSA) is 105 Å². The van der Waals surface area contributed by atoms with Gasteiger partial charge in [-0.25, -0.2) is 0 Å². The van der Waals surface area contributed by atoms with Gasteiger partial charge in [0.1, 0.15) is 11.6 Å². The number of nitrogens with zero attached hydrogens (tertiary/aromatic N) is 2. The van der Waals surface area contributed by atoms with Crippen LogP contribution in [0, 0.1) is 39.0 Å². The average molecular weight is 395 g/mol. The van der Waals surface area contributed by atoms with Crippen LogP contribution in [0.25, 0.3) is 0 Å². The second-order valence-electron chi connectivity index (χ2n) is 6.94. The summed E-state index contributed by atoms with van der Waals surface area (Å²) in [5.74, 6) is -0.772. The number of hydrogen-bond donors (Lipinski definition) is 1. The van der Waals surface area contributed by atoms with E-state index in [0.29, 0.717) is 29.8 Å². The van der Waals surface area contributed by atoms with Gasteiger partial charge in [0.05, 0.1) is 0 Å². The third-order valence-electron chi connectivity index (χ3n) is 5.05. The van der Waals surface area contributed by atoms with E-state index in [4.69, 9.17) is 10.00 Å². The van der Waals surface area contributed by atoms with E-state index in [-0.39, 0.29) is 24.4 Å². The fraction of sp³-hybridized carbons (Fsp3) is 0.364. The highest BCUT2D eigenvalue weighted by Gasteiger charge is 2.18. The van der Waals surface area contributed by atoms with E-state index in [0.717, 1.165) is 17.0 Å². The second-order valence-corrected chi connectivity index (χ2v) is 6.94. The molecule has 0 aliphatic heterocycles. The van der Waals surface area contributed by atoms with Crippen molar-refractivity contribution in [3.05, 3.63) is 68.4 Å². The number of carbonyl (C=O) groups excluding carboxylic acids is 2. The number of nitrogens with one attached hydrogen (secondary N) is 1. The molecule has 0 aliphatic carbocycles. The first-order valence-corrected chi connectivity index (χ1v) is 9.30. The van der Waals surface area contributed by atoms with Crippen LogP contribution in [0.4, 0.5) is 0 Å². The highest BCUT2D eigenvalue weighted by atomic mass is 16.5. The molecule has 0 radical (unpaired) electrons. The minimum absolute atomic E-state index is 0.0430. The van der Waals surface area contributed by atoms with Crippen LogP contribution in [0.3, 0.4) is 0 Å². The highest BCUT2D eigenvalue weighted by molar-refractivity contribution is 5.99. The van der Waals surface area contributed by atoms with E-state index in [2.05, 4.69) is 11.6 Å². The van der Waals surface area contributed by atoms with Crippen molar-refractivity contribution in [2.24, 2.45) is 0 Å². The molecule has 1 N–H and O–H groups in total. The first kappa shape index (κ1) is 21.9. The van der Waals surface area contributed by atoms with E-state index >= 15 is 0 Å². The Morgan fingerprint density at radius 3 is 2.62 bits per heavy atom. The zero-order valence-electron chi connectivity index (χ0n) is 17.2. The lowest BCUT2D eigenvalue weighted by Crippen LogP contribution is -2.18. The second kappa shape index (κ2) is 9.20. The van der Waals surface area contributed by atoms with Crippen molar-refractivity contribution in [1.82, 2.24) is 9.55 Å². The van der Waals surface area contributed by atoms with Crippen molar-refractivity contribution in [2.45, 2.75) is 47.1 Å². The van der Waals surface area contributed by atoms with Crippen molar-refractivity contribution in [2.75, 3.05) is 6.61 Å². The van der Waals surface area contributed by atoms with Gasteiger partial charge in [0.25, 0.3) is 5.56 Å². The molecule has 7 nitrogen and oxygen atoms in total. The van der Waals surface area contributed by atoms with Crippen LogP contribution in [0.15, 0.2) is 23.5 Å². The van der Waals surface area contributed by atoms with E-state index in [1.807, 2.05) is 24.5 Å². The van der Waals surface area contributed by atoms with Crippen molar-refractivity contribution < 1.29 is 14.3 Å². The number of ketones is 1. The molecule has 7 heteroatoms. The third kappa shape index (κ3) is 4.72. The maximum Gasteiger partial charge on any atom is 0.306 e. The normalized spacial score (nSPS) is 10.4. The zero-order chi connectivity index (χ0) is 21.7. The fourth-order valence-corrected chi connectivity index (χ4v) is 3.44. The van der Waals surface area contributed by atoms with E-state index in [1.165, 1.54) is 0 Å². The predicted octanol–water partition coefficient (Wildman–Crippen LogP) is 2.83. The van der Waals surface area contributed by atoms with Crippen molar-refractivity contribution in [1.29, 1.82) is 5.26 Å². The molecular weight excluding hydrogens is 370 g/mol. The summed E-state index contributed by atoms with van der Waals surface area (Å²) in [5.41, 5.74) is 3.80. The molecule has 2 aromatic rings. The van der Waals surface area contributed by atoms with Crippen molar-refractivity contribution in [3.63, 3.8) is 0 Å². The Morgan fingerprint density at radius 1 is 1.31 bits per heavy atom. The number of aromatic nitrogens is 2. The predicted molar refractivity (Wildman–Crippen MR) is 109 cm³/mol. The Balaban J connectivity index is 2.01. The Hall–Kier alpha value is -3.40. The SMILES string of the molecule is C=CCn1c(C)cc(C(=O)COC(=O)CCc2c(C)[nH]c(=O)c(C#N)c2C)c1C. The first-order chi connectivity index (χ1) is 13.7. The largest absolute Gasteiger partial charge is 0.457 e. The van der Waals surface area contributed by atoms with Gasteiger partial charge < -0.3 is 14.3 Å². The van der Waals surface area contributed by atoms with Gasteiger partial charge in [-0.3, -0.25) is 14.4 Å². The Bertz CT molecular complexity index is 1070. The summed E-state index contributed by atoms with van der Waals surface area (Å²) in [6.45, 7) is 11.1. The molecule has 2 heterocycles. The molecule has 0 saturated carbocycles. The summed E-state index contributed by atoms with van der Waals surface area (Å²) >= 11 is 0. The van der Waals surface area contributed by atoms with Gasteiger partial charge >= 0.3 is 5.97 Å². The molecule has 2 aromatic heterocycles. The number of nitriles is 1. The molecule has 29 heavy (non-hydrogen) atoms. The molecule has 0 spiro atoms. The summed E-state index contributed by atoms with van der Waals surface area (Å²) in [4.78, 5) is 39.0. The van der Waals surface area contributed by atoms with Crippen LogP contribution in [-0.4, -0.2) is 27.9 Å². The molecule has 0 amide bonds. The van der Waals surface area contributed by atoms with Crippen LogP contribution in [0.1, 0.15) is 50.6 Å². The number of rotatable bonds is 8. The number of allylic oxidation sites excluding steroid dienone is 1. The maximum absolute atomic E-state index is 12.5. The smallest absolute Gasteiger partial charge is 0.306 e. The maximum atomic E-state index is 12.5. The molecule has 0 atom stereocenters. The molecule has 2 rings (SSSR count). The molecule has 0 fully saturated rings. The number of carbonyl (C=O) groups is 2. The molecule has 0 aromatic carbocycles. The number of pyridine rings is 1. The average Bonchev–Trinajstić information content (AvgIpc) is 2.94. The lowest BCUT2D eigenvalue weighted by atomic mass is 9.99. The van der Waals surface area contributed by atoms with Crippen molar-refractivity contribution in [3.8, 4) is 6.07 Å². The van der Waals surface area contributed by atoms with Gasteiger partial charge in [0, 0.05) is 35.6 Å². The highest BCUT2D eigenvalue weighted by Crippen LogP contribution is 2.17. The number of aryl methyl sites for hydroxylation is 2. The Morgan fingerprint density at radius 2 is 2.00 bits per heavy atom. The van der Waals surface area contributed by atoms with Crippen LogP contribution in [0.5, 0.6) is 0 Å². The molecule has 0 unspecified atom stereocenters. The lowest BCUT2D eigenvalue weighted by molar-refractivity contribution is -0.142. The number of esters is 1. The summed E-state index contributed by atoms with van der Waals surface area (Å²) in [6, 6.07) is 3.67. The molecule has 0 aliphatic rings. The standard InChI is InChI=1S/C22H25N3O4/c1-6-9-25-13(2)10-18(16(25)5)20(26)12-29-21(27)8-7-17-14(3)19(11-23)22(28)24-15(17)4/h6,10H,1,7-9,12H2,2-5H3,(H,24,28). The van der Waals surface area contributed by atoms with E-state index in [9.17, 15) is 14.4 Å². The molecular formula is C22H25N3O4. The van der Waals surface area contributed by atoms with E-state index in [1.54, 1.807) is 26.0 Å². The van der Waals surface area contributed by atoms with Crippen LogP contribution < -0.4 is 5.56 Å². The van der Waals surface area contributed by atoms with Gasteiger partial charge in [-0.2, -0.15) is 5.26 Å². The summed E-state index contributed by atoms with van der Waals surface area (Å²) in [5, 5.41) is 9.12. The van der Waals surface area contributed by atoms with Crippen LogP contribution in [-0.2, 0) is 22.5 Å². The number of H-pyrrole nitrogens is 1. The number of ether oxygens (including phenoxy) is 1. The van der Waals surface area contributed by atoms with Gasteiger partial charge in [-0.05, 0) is 51.3 Å². The number of Topliss-reactive ketones (excluding diaryl/α,β-unsaturated/α-hetero) is 1. The Labute approximate surface area is 169 Å². The fourth-order valence-electron chi connectivity index (χ4n) is 3.44. The van der Waals surface area contributed by atoms with Crippen LogP contribution >= 0.6 is 0 Å². The Kier molecular flexibility index (Phi) is 6.94. The molecule has 0 bridgehead atoms. The van der Waals surface area contributed by atoms with E-state index < -0.39 is 11.5 Å². The third-order valence-corrected chi connectivity index (χ3v) is 5.05. The van der Waals surface area contributed by atoms with Gasteiger partial charge in [0.15, 0.2) is 6.61 Å². The lowest BCUT2D eigenvalue weighted by Gasteiger charge is -2.10. The monoisotopic (exact) mass is 395 g/mol. The quantitative estimate of drug-likeness (QED) is 0.420. The zero-order valence-corrected chi connectivity index (χ0v) is 17.2. The molecule has 0 saturated heterocycles. The van der Waals surface area contributed by atoms with Gasteiger partial charge in [-0.1, -0.05) is 6.08 Å². The van der Waals surface area contributed by atoms with Crippen LogP contribution in [0.2, 0.25) is 0 Å². The van der Waals surface area contributed by atoms with Gasteiger partial charge in [0.2, 0.25) is 5.78 Å². The minimum atomic E-state index is -0.512. The summed E-state index contributed by atoms with van der Waals surface area (Å²) in [7, 11) is 0. The minimum Gasteiger partial charge on any atom is -0.457 e. The number of aromatic amines is 1. The summed E-state index contributed by atoms with van der Waals surface area (Å²) < 4.78 is 7.12. The molecule has 152 valence electrons.